The highest BCUT2D eigenvalue weighted by Gasteiger charge is 2.20. The molecule has 10 heavy (non-hydrogen) atoms. The molecule has 3 heteroatoms. The van der Waals surface area contributed by atoms with Gasteiger partial charge in [0.2, 0.25) is 0 Å². The number of ether oxygens (including phenoxy) is 1. The second-order valence-corrected chi connectivity index (χ2v) is 2.79. The minimum Gasteiger partial charge on any atom is -0.388 e. The summed E-state index contributed by atoms with van der Waals surface area (Å²) in [7, 11) is 0. The van der Waals surface area contributed by atoms with Gasteiger partial charge in [-0.25, -0.2) is 0 Å². The van der Waals surface area contributed by atoms with Crippen LogP contribution in [0.1, 0.15) is 19.3 Å². The number of amidine groups is 1. The van der Waals surface area contributed by atoms with Crippen LogP contribution < -0.4 is 5.73 Å². The minimum absolute atomic E-state index is 0.218. The number of nitrogens with one attached hydrogen (secondary N) is 1. The van der Waals surface area contributed by atoms with E-state index in [2.05, 4.69) is 0 Å². The Balaban J connectivity index is 1.80. The van der Waals surface area contributed by atoms with E-state index in [-0.39, 0.29) is 5.84 Å². The second kappa shape index (κ2) is 3.56. The monoisotopic (exact) mass is 142 g/mol. The highest BCUT2D eigenvalue weighted by Crippen LogP contribution is 2.28. The molecule has 0 atom stereocenters. The largest absolute Gasteiger partial charge is 0.388 e. The fourth-order valence-electron chi connectivity index (χ4n) is 0.717. The van der Waals surface area contributed by atoms with E-state index in [1.54, 1.807) is 0 Å². The third-order valence-corrected chi connectivity index (χ3v) is 1.57. The summed E-state index contributed by atoms with van der Waals surface area (Å²) in [6, 6.07) is 0. The Morgan fingerprint density at radius 1 is 1.60 bits per heavy atom. The van der Waals surface area contributed by atoms with E-state index < -0.39 is 0 Å². The van der Waals surface area contributed by atoms with E-state index in [4.69, 9.17) is 15.9 Å². The van der Waals surface area contributed by atoms with Crippen LogP contribution >= 0.6 is 0 Å². The van der Waals surface area contributed by atoms with Crippen molar-refractivity contribution in [2.24, 2.45) is 11.7 Å². The smallest absolute Gasteiger partial charge is 0.0928 e. The van der Waals surface area contributed by atoms with Crippen molar-refractivity contribution in [2.45, 2.75) is 19.3 Å². The molecule has 0 aromatic rings. The zero-order valence-corrected chi connectivity index (χ0v) is 6.10. The molecule has 3 N–H and O–H groups in total. The molecule has 0 radical (unpaired) electrons. The van der Waals surface area contributed by atoms with E-state index in [1.807, 2.05) is 0 Å². The van der Waals surface area contributed by atoms with Crippen molar-refractivity contribution in [3.63, 3.8) is 0 Å². The van der Waals surface area contributed by atoms with Crippen LogP contribution in [0.25, 0.3) is 0 Å². The van der Waals surface area contributed by atoms with Gasteiger partial charge in [0.05, 0.1) is 12.4 Å². The Bertz CT molecular complexity index is 121. The summed E-state index contributed by atoms with van der Waals surface area (Å²) in [6.07, 6.45) is 3.22. The number of hydrogen-bond donors (Lipinski definition) is 2. The standard InChI is InChI=1S/C7H14N2O/c8-7(9)3-4-10-5-6-1-2-6/h6H,1-5H2,(H3,8,9). The molecule has 58 valence electrons. The predicted molar refractivity (Wildman–Crippen MR) is 40.1 cm³/mol. The molecule has 3 nitrogen and oxygen atoms in total. The summed E-state index contributed by atoms with van der Waals surface area (Å²) in [5.41, 5.74) is 5.13. The van der Waals surface area contributed by atoms with E-state index in [1.165, 1.54) is 12.8 Å². The lowest BCUT2D eigenvalue weighted by Gasteiger charge is -2.00. The SMILES string of the molecule is N=C(N)CCOCC1CC1. The first-order chi connectivity index (χ1) is 4.79. The maximum absolute atomic E-state index is 6.89. The summed E-state index contributed by atoms with van der Waals surface area (Å²) in [5.74, 6) is 1.03. The van der Waals surface area contributed by atoms with E-state index >= 15 is 0 Å². The molecule has 1 aliphatic rings. The first-order valence-electron chi connectivity index (χ1n) is 3.69. The molecule has 0 bridgehead atoms. The van der Waals surface area contributed by atoms with Gasteiger partial charge in [-0.1, -0.05) is 0 Å². The Labute approximate surface area is 61.1 Å². The molecule has 1 aliphatic carbocycles. The number of rotatable bonds is 5. The number of nitrogens with two attached hydrogens (primary N) is 1. The van der Waals surface area contributed by atoms with Crippen molar-refractivity contribution in [3.8, 4) is 0 Å². The lowest BCUT2D eigenvalue weighted by Crippen LogP contribution is -2.13. The van der Waals surface area contributed by atoms with Gasteiger partial charge in [-0.15, -0.1) is 0 Å². The molecular weight excluding hydrogens is 128 g/mol. The van der Waals surface area contributed by atoms with Crippen molar-refractivity contribution in [2.75, 3.05) is 13.2 Å². The summed E-state index contributed by atoms with van der Waals surface area (Å²) in [6.45, 7) is 1.49. The molecule has 1 fully saturated rings. The Morgan fingerprint density at radius 3 is 2.80 bits per heavy atom. The fraction of sp³-hybridized carbons (Fsp3) is 0.857. The van der Waals surface area contributed by atoms with Gasteiger partial charge in [0.15, 0.2) is 0 Å². The van der Waals surface area contributed by atoms with Gasteiger partial charge in [0.25, 0.3) is 0 Å². The zero-order chi connectivity index (χ0) is 7.40. The molecule has 0 aliphatic heterocycles. The van der Waals surface area contributed by atoms with Crippen LogP contribution in [0.2, 0.25) is 0 Å². The van der Waals surface area contributed by atoms with Crippen LogP contribution in [0.15, 0.2) is 0 Å². The maximum Gasteiger partial charge on any atom is 0.0928 e. The molecule has 0 saturated heterocycles. The van der Waals surface area contributed by atoms with Crippen LogP contribution in [0.4, 0.5) is 0 Å². The second-order valence-electron chi connectivity index (χ2n) is 2.79. The molecule has 0 heterocycles. The first kappa shape index (κ1) is 7.54. The van der Waals surface area contributed by atoms with Crippen LogP contribution in [-0.4, -0.2) is 19.0 Å². The topological polar surface area (TPSA) is 59.1 Å². The minimum atomic E-state index is 0.218. The Morgan fingerprint density at radius 2 is 2.30 bits per heavy atom. The van der Waals surface area contributed by atoms with Crippen molar-refractivity contribution >= 4 is 5.84 Å². The lowest BCUT2D eigenvalue weighted by molar-refractivity contribution is 0.131. The molecule has 0 aromatic heterocycles. The van der Waals surface area contributed by atoms with Gasteiger partial charge in [0.1, 0.15) is 0 Å². The van der Waals surface area contributed by atoms with E-state index in [0.717, 1.165) is 12.5 Å². The summed E-state index contributed by atoms with van der Waals surface area (Å²) in [4.78, 5) is 0. The van der Waals surface area contributed by atoms with Crippen LogP contribution in [0.3, 0.4) is 0 Å². The highest BCUT2D eigenvalue weighted by atomic mass is 16.5. The lowest BCUT2D eigenvalue weighted by atomic mass is 10.4. The molecule has 0 aromatic carbocycles. The molecule has 0 unspecified atom stereocenters. The predicted octanol–water partition coefficient (Wildman–Crippen LogP) is 0.739. The van der Waals surface area contributed by atoms with Gasteiger partial charge in [-0.2, -0.15) is 0 Å². The van der Waals surface area contributed by atoms with Crippen molar-refractivity contribution in [1.29, 1.82) is 5.41 Å². The average Bonchev–Trinajstić information content (AvgIpc) is 2.62. The van der Waals surface area contributed by atoms with Crippen LogP contribution in [0, 0.1) is 11.3 Å². The van der Waals surface area contributed by atoms with E-state index in [9.17, 15) is 0 Å². The van der Waals surface area contributed by atoms with Gasteiger partial charge < -0.3 is 10.5 Å². The van der Waals surface area contributed by atoms with Crippen molar-refractivity contribution in [3.05, 3.63) is 0 Å². The molecule has 0 amide bonds. The first-order valence-corrected chi connectivity index (χ1v) is 3.69. The average molecular weight is 142 g/mol. The highest BCUT2D eigenvalue weighted by molar-refractivity contribution is 5.76. The summed E-state index contributed by atoms with van der Waals surface area (Å²) >= 11 is 0. The molecule has 1 rings (SSSR count). The van der Waals surface area contributed by atoms with Gasteiger partial charge >= 0.3 is 0 Å². The van der Waals surface area contributed by atoms with Gasteiger partial charge in [-0.05, 0) is 18.8 Å². The van der Waals surface area contributed by atoms with Crippen LogP contribution in [-0.2, 0) is 4.74 Å². The number of hydrogen-bond acceptors (Lipinski definition) is 2. The van der Waals surface area contributed by atoms with E-state index in [0.29, 0.717) is 13.0 Å². The van der Waals surface area contributed by atoms with Gasteiger partial charge in [0, 0.05) is 13.0 Å². The molecule has 0 spiro atoms. The summed E-state index contributed by atoms with van der Waals surface area (Å²) in [5, 5.41) is 6.89. The molecular formula is C7H14N2O. The third-order valence-electron chi connectivity index (χ3n) is 1.57. The Hall–Kier alpha value is -0.570. The molecule has 1 saturated carbocycles. The summed E-state index contributed by atoms with van der Waals surface area (Å²) < 4.78 is 5.25. The zero-order valence-electron chi connectivity index (χ0n) is 6.10. The fourth-order valence-corrected chi connectivity index (χ4v) is 0.717. The third kappa shape index (κ3) is 3.45. The van der Waals surface area contributed by atoms with Crippen LogP contribution in [0.5, 0.6) is 0 Å². The Kier molecular flexibility index (Phi) is 2.68. The quantitative estimate of drug-likeness (QED) is 0.338. The van der Waals surface area contributed by atoms with Gasteiger partial charge in [-0.3, -0.25) is 5.41 Å². The maximum atomic E-state index is 6.89. The van der Waals surface area contributed by atoms with Crippen molar-refractivity contribution < 1.29 is 4.74 Å². The van der Waals surface area contributed by atoms with Crippen molar-refractivity contribution in [1.82, 2.24) is 0 Å². The normalized spacial score (nSPS) is 17.2.